The Bertz CT molecular complexity index is 273. The Morgan fingerprint density at radius 1 is 1.37 bits per heavy atom. The van der Waals surface area contributed by atoms with E-state index in [1.807, 2.05) is 6.92 Å². The second kappa shape index (κ2) is 7.85. The van der Waals surface area contributed by atoms with Crippen molar-refractivity contribution in [2.45, 2.75) is 70.9 Å². The number of carbonyl (C=O) groups excluding carboxylic acids is 1. The van der Waals surface area contributed by atoms with Gasteiger partial charge in [-0.3, -0.25) is 4.79 Å². The number of esters is 1. The van der Waals surface area contributed by atoms with Crippen LogP contribution in [-0.2, 0) is 14.3 Å². The van der Waals surface area contributed by atoms with Crippen molar-refractivity contribution in [3.63, 3.8) is 0 Å². The molecule has 0 aliphatic heterocycles. The van der Waals surface area contributed by atoms with Crippen LogP contribution in [0.2, 0.25) is 0 Å². The molecule has 1 aliphatic carbocycles. The number of hydrogen-bond acceptors (Lipinski definition) is 4. The van der Waals surface area contributed by atoms with Crippen molar-refractivity contribution >= 4 is 5.97 Å². The Balaban J connectivity index is 2.28. The summed E-state index contributed by atoms with van der Waals surface area (Å²) in [7, 11) is 0. The molecule has 1 fully saturated rings. The maximum Gasteiger partial charge on any atom is 0.325 e. The minimum atomic E-state index is -0.956. The molecule has 2 N–H and O–H groups in total. The SMILES string of the molecule is CCOC(=O)C(C)(N)CC(C)OCC1CCCCC1. The standard InChI is InChI=1S/C15H29NO3/c1-4-18-14(17)15(3,16)10-12(2)19-11-13-8-6-5-7-9-13/h12-13H,4-11,16H2,1-3H3. The first kappa shape index (κ1) is 16.4. The van der Waals surface area contributed by atoms with Gasteiger partial charge in [0.1, 0.15) is 5.54 Å². The molecular formula is C15H29NO3. The fourth-order valence-corrected chi connectivity index (χ4v) is 2.69. The molecule has 4 heteroatoms. The maximum absolute atomic E-state index is 11.7. The summed E-state index contributed by atoms with van der Waals surface area (Å²) < 4.78 is 10.8. The number of carbonyl (C=O) groups is 1. The lowest BCUT2D eigenvalue weighted by atomic mass is 9.90. The molecule has 0 aromatic rings. The van der Waals surface area contributed by atoms with Crippen LogP contribution in [0.15, 0.2) is 0 Å². The van der Waals surface area contributed by atoms with E-state index in [-0.39, 0.29) is 12.1 Å². The zero-order chi connectivity index (χ0) is 14.3. The highest BCUT2D eigenvalue weighted by molar-refractivity contribution is 5.80. The van der Waals surface area contributed by atoms with Crippen molar-refractivity contribution in [3.8, 4) is 0 Å². The summed E-state index contributed by atoms with van der Waals surface area (Å²) in [4.78, 5) is 11.7. The molecule has 0 aromatic heterocycles. The summed E-state index contributed by atoms with van der Waals surface area (Å²) in [6, 6.07) is 0. The van der Waals surface area contributed by atoms with E-state index in [2.05, 4.69) is 0 Å². The number of hydrogen-bond donors (Lipinski definition) is 1. The van der Waals surface area contributed by atoms with Crippen LogP contribution in [0.1, 0.15) is 59.3 Å². The Labute approximate surface area is 117 Å². The van der Waals surface area contributed by atoms with E-state index in [1.165, 1.54) is 32.1 Å². The maximum atomic E-state index is 11.7. The Kier molecular flexibility index (Phi) is 6.80. The lowest BCUT2D eigenvalue weighted by Gasteiger charge is -2.28. The molecule has 0 aromatic carbocycles. The van der Waals surface area contributed by atoms with E-state index in [0.717, 1.165) is 6.61 Å². The molecule has 2 unspecified atom stereocenters. The monoisotopic (exact) mass is 271 g/mol. The van der Waals surface area contributed by atoms with Crippen molar-refractivity contribution in [1.82, 2.24) is 0 Å². The lowest BCUT2D eigenvalue weighted by molar-refractivity contribution is -0.150. The van der Waals surface area contributed by atoms with Gasteiger partial charge in [-0.1, -0.05) is 19.3 Å². The Hall–Kier alpha value is -0.610. The molecule has 0 radical (unpaired) electrons. The van der Waals surface area contributed by atoms with Gasteiger partial charge in [0, 0.05) is 13.0 Å². The fourth-order valence-electron chi connectivity index (χ4n) is 2.69. The predicted molar refractivity (Wildman–Crippen MR) is 75.8 cm³/mol. The van der Waals surface area contributed by atoms with Gasteiger partial charge in [0.05, 0.1) is 12.7 Å². The molecule has 2 atom stereocenters. The molecule has 1 aliphatic rings. The molecule has 0 spiro atoms. The van der Waals surface area contributed by atoms with Gasteiger partial charge in [-0.05, 0) is 39.5 Å². The Morgan fingerprint density at radius 2 is 2.00 bits per heavy atom. The average Bonchev–Trinajstić information content (AvgIpc) is 2.37. The minimum Gasteiger partial charge on any atom is -0.465 e. The van der Waals surface area contributed by atoms with E-state index in [9.17, 15) is 4.79 Å². The zero-order valence-electron chi connectivity index (χ0n) is 12.6. The van der Waals surface area contributed by atoms with E-state index in [1.54, 1.807) is 13.8 Å². The lowest BCUT2D eigenvalue weighted by Crippen LogP contribution is -2.48. The Morgan fingerprint density at radius 3 is 2.58 bits per heavy atom. The summed E-state index contributed by atoms with van der Waals surface area (Å²) in [6.07, 6.45) is 7.02. The van der Waals surface area contributed by atoms with E-state index >= 15 is 0 Å². The molecule has 4 nitrogen and oxygen atoms in total. The van der Waals surface area contributed by atoms with Crippen LogP contribution in [0, 0.1) is 5.92 Å². The topological polar surface area (TPSA) is 61.5 Å². The van der Waals surface area contributed by atoms with Crippen LogP contribution in [-0.4, -0.2) is 30.8 Å². The first-order valence-electron chi connectivity index (χ1n) is 7.53. The van der Waals surface area contributed by atoms with Crippen LogP contribution in [0.3, 0.4) is 0 Å². The number of rotatable bonds is 7. The minimum absolute atomic E-state index is 0.0127. The van der Waals surface area contributed by atoms with Gasteiger partial charge in [-0.15, -0.1) is 0 Å². The van der Waals surface area contributed by atoms with Gasteiger partial charge >= 0.3 is 5.97 Å². The third-order valence-corrected chi connectivity index (χ3v) is 3.79. The van der Waals surface area contributed by atoms with Crippen LogP contribution < -0.4 is 5.73 Å². The summed E-state index contributed by atoms with van der Waals surface area (Å²) in [5.74, 6) is 0.339. The zero-order valence-corrected chi connectivity index (χ0v) is 12.6. The van der Waals surface area contributed by atoms with E-state index < -0.39 is 5.54 Å². The molecule has 1 saturated carbocycles. The summed E-state index contributed by atoms with van der Waals surface area (Å²) in [6.45, 7) is 6.64. The van der Waals surface area contributed by atoms with Crippen LogP contribution in [0.5, 0.6) is 0 Å². The number of nitrogens with two attached hydrogens (primary N) is 1. The molecule has 0 heterocycles. The van der Waals surface area contributed by atoms with Gasteiger partial charge in [-0.2, -0.15) is 0 Å². The van der Waals surface area contributed by atoms with Gasteiger partial charge in [0.15, 0.2) is 0 Å². The van der Waals surface area contributed by atoms with Gasteiger partial charge in [-0.25, -0.2) is 0 Å². The highest BCUT2D eigenvalue weighted by Gasteiger charge is 2.32. The largest absolute Gasteiger partial charge is 0.465 e. The summed E-state index contributed by atoms with van der Waals surface area (Å²) >= 11 is 0. The quantitative estimate of drug-likeness (QED) is 0.723. The molecule has 1 rings (SSSR count). The molecule has 0 saturated heterocycles. The van der Waals surface area contributed by atoms with Crippen LogP contribution >= 0.6 is 0 Å². The normalized spacial score (nSPS) is 21.7. The second-order valence-corrected chi connectivity index (χ2v) is 5.99. The molecule has 19 heavy (non-hydrogen) atoms. The van der Waals surface area contributed by atoms with Crippen molar-refractivity contribution < 1.29 is 14.3 Å². The van der Waals surface area contributed by atoms with Crippen molar-refractivity contribution in [2.75, 3.05) is 13.2 Å². The van der Waals surface area contributed by atoms with Crippen molar-refractivity contribution in [1.29, 1.82) is 0 Å². The van der Waals surface area contributed by atoms with Gasteiger partial charge in [0.25, 0.3) is 0 Å². The van der Waals surface area contributed by atoms with E-state index in [4.69, 9.17) is 15.2 Å². The second-order valence-electron chi connectivity index (χ2n) is 5.99. The van der Waals surface area contributed by atoms with Crippen LogP contribution in [0.25, 0.3) is 0 Å². The first-order valence-corrected chi connectivity index (χ1v) is 7.53. The third kappa shape index (κ3) is 5.91. The summed E-state index contributed by atoms with van der Waals surface area (Å²) in [5, 5.41) is 0. The molecular weight excluding hydrogens is 242 g/mol. The van der Waals surface area contributed by atoms with Crippen molar-refractivity contribution in [3.05, 3.63) is 0 Å². The summed E-state index contributed by atoms with van der Waals surface area (Å²) in [5.41, 5.74) is 5.05. The average molecular weight is 271 g/mol. The highest BCUT2D eigenvalue weighted by Crippen LogP contribution is 2.24. The molecule has 112 valence electrons. The predicted octanol–water partition coefficient (Wildman–Crippen LogP) is 2.64. The van der Waals surface area contributed by atoms with Gasteiger partial charge < -0.3 is 15.2 Å². The number of ether oxygens (including phenoxy) is 2. The first-order chi connectivity index (χ1) is 8.95. The van der Waals surface area contributed by atoms with Crippen LogP contribution in [0.4, 0.5) is 0 Å². The highest BCUT2D eigenvalue weighted by atomic mass is 16.5. The van der Waals surface area contributed by atoms with Gasteiger partial charge in [0.2, 0.25) is 0 Å². The molecule has 0 bridgehead atoms. The molecule has 0 amide bonds. The van der Waals surface area contributed by atoms with E-state index in [0.29, 0.717) is 18.9 Å². The van der Waals surface area contributed by atoms with Crippen molar-refractivity contribution in [2.24, 2.45) is 11.7 Å². The fraction of sp³-hybridized carbons (Fsp3) is 0.933. The third-order valence-electron chi connectivity index (χ3n) is 3.79. The smallest absolute Gasteiger partial charge is 0.325 e.